The molecule has 0 unspecified atom stereocenters. The number of aryl methyl sites for hydroxylation is 1. The highest BCUT2D eigenvalue weighted by molar-refractivity contribution is 7.14. The van der Waals surface area contributed by atoms with E-state index >= 15 is 0 Å². The number of nitrogens with zero attached hydrogens (tertiary/aromatic N) is 2. The number of aromatic carboxylic acids is 1. The number of thiophene rings is 1. The van der Waals surface area contributed by atoms with Crippen molar-refractivity contribution in [2.75, 3.05) is 0 Å². The fourth-order valence-electron chi connectivity index (χ4n) is 2.15. The van der Waals surface area contributed by atoms with Gasteiger partial charge in [-0.05, 0) is 18.6 Å². The number of carboxylic acid groups (broad SMARTS) is 1. The number of hydrogen-bond acceptors (Lipinski definition) is 3. The van der Waals surface area contributed by atoms with Crippen LogP contribution in [0.4, 0.5) is 8.78 Å². The van der Waals surface area contributed by atoms with Gasteiger partial charge in [-0.2, -0.15) is 0 Å². The van der Waals surface area contributed by atoms with Crippen LogP contribution in [-0.2, 0) is 6.54 Å². The first-order valence-electron chi connectivity index (χ1n) is 6.08. The predicted molar refractivity (Wildman–Crippen MR) is 74.8 cm³/mol. The van der Waals surface area contributed by atoms with E-state index in [-0.39, 0.29) is 4.88 Å². The summed E-state index contributed by atoms with van der Waals surface area (Å²) in [6.07, 6.45) is 1.49. The number of aromatic nitrogens is 2. The van der Waals surface area contributed by atoms with Gasteiger partial charge in [0.25, 0.3) is 0 Å². The number of carboxylic acids is 1. The molecule has 0 aliphatic carbocycles. The molecule has 0 spiro atoms. The number of imidazole rings is 1. The molecule has 1 aromatic carbocycles. The van der Waals surface area contributed by atoms with Gasteiger partial charge in [-0.15, -0.1) is 11.3 Å². The Morgan fingerprint density at radius 1 is 1.33 bits per heavy atom. The lowest BCUT2D eigenvalue weighted by atomic mass is 10.2. The third-order valence-corrected chi connectivity index (χ3v) is 4.32. The molecule has 0 radical (unpaired) electrons. The highest BCUT2D eigenvalue weighted by Crippen LogP contribution is 2.24. The molecule has 0 atom stereocenters. The van der Waals surface area contributed by atoms with Crippen molar-refractivity contribution in [3.8, 4) is 0 Å². The minimum Gasteiger partial charge on any atom is -0.477 e. The molecule has 108 valence electrons. The predicted octanol–water partition coefficient (Wildman–Crippen LogP) is 3.43. The van der Waals surface area contributed by atoms with Crippen LogP contribution < -0.4 is 0 Å². The Bertz CT molecular complexity index is 854. The number of rotatable bonds is 3. The summed E-state index contributed by atoms with van der Waals surface area (Å²) in [5.41, 5.74) is 1.65. The van der Waals surface area contributed by atoms with Gasteiger partial charge in [0.05, 0.1) is 23.9 Å². The largest absolute Gasteiger partial charge is 0.477 e. The van der Waals surface area contributed by atoms with E-state index in [1.54, 1.807) is 10.6 Å². The van der Waals surface area contributed by atoms with E-state index in [9.17, 15) is 13.6 Å². The SMILES string of the molecule is Cc1sc(C(=O)O)cc1Cn1cnc2cc(F)c(F)cc21. The van der Waals surface area contributed by atoms with Crippen molar-refractivity contribution in [2.24, 2.45) is 0 Å². The molecule has 0 aliphatic rings. The Hall–Kier alpha value is -2.28. The van der Waals surface area contributed by atoms with Crippen LogP contribution in [0.1, 0.15) is 20.1 Å². The summed E-state index contributed by atoms with van der Waals surface area (Å²) in [6.45, 7) is 2.18. The number of hydrogen-bond donors (Lipinski definition) is 1. The zero-order chi connectivity index (χ0) is 15.1. The van der Waals surface area contributed by atoms with Crippen LogP contribution in [-0.4, -0.2) is 20.6 Å². The van der Waals surface area contributed by atoms with Gasteiger partial charge in [-0.3, -0.25) is 0 Å². The van der Waals surface area contributed by atoms with Gasteiger partial charge in [0.2, 0.25) is 0 Å². The van der Waals surface area contributed by atoms with E-state index in [0.717, 1.165) is 22.6 Å². The highest BCUT2D eigenvalue weighted by Gasteiger charge is 2.14. The average Bonchev–Trinajstić information content (AvgIpc) is 2.97. The molecule has 0 aliphatic heterocycles. The van der Waals surface area contributed by atoms with Crippen LogP contribution in [0.3, 0.4) is 0 Å². The van der Waals surface area contributed by atoms with Gasteiger partial charge in [0.15, 0.2) is 11.6 Å². The molecular weight excluding hydrogens is 298 g/mol. The average molecular weight is 308 g/mol. The molecular formula is C14H10F2N2O2S. The summed E-state index contributed by atoms with van der Waals surface area (Å²) >= 11 is 1.19. The Morgan fingerprint density at radius 2 is 2.05 bits per heavy atom. The molecule has 0 saturated carbocycles. The molecule has 1 N–H and O–H groups in total. The Kier molecular flexibility index (Phi) is 3.21. The van der Waals surface area contributed by atoms with Crippen molar-refractivity contribution in [1.29, 1.82) is 0 Å². The summed E-state index contributed by atoms with van der Waals surface area (Å²) in [7, 11) is 0. The number of benzene rings is 1. The molecule has 3 rings (SSSR count). The van der Waals surface area contributed by atoms with Crippen LogP contribution in [0.5, 0.6) is 0 Å². The van der Waals surface area contributed by atoms with Gasteiger partial charge in [0, 0.05) is 17.0 Å². The zero-order valence-corrected chi connectivity index (χ0v) is 11.7. The molecule has 0 fully saturated rings. The number of fused-ring (bicyclic) bond motifs is 1. The van der Waals surface area contributed by atoms with Gasteiger partial charge in [-0.25, -0.2) is 18.6 Å². The van der Waals surface area contributed by atoms with Gasteiger partial charge in [-0.1, -0.05) is 0 Å². The maximum Gasteiger partial charge on any atom is 0.345 e. The molecule has 2 heterocycles. The lowest BCUT2D eigenvalue weighted by Gasteiger charge is -2.04. The van der Waals surface area contributed by atoms with Crippen molar-refractivity contribution >= 4 is 28.3 Å². The van der Waals surface area contributed by atoms with Crippen LogP contribution in [0.2, 0.25) is 0 Å². The standard InChI is InChI=1S/C14H10F2N2O2S/c1-7-8(2-13(21-7)14(19)20)5-18-6-17-11-3-9(15)10(16)4-12(11)18/h2-4,6H,5H2,1H3,(H,19,20). The van der Waals surface area contributed by atoms with E-state index in [1.165, 1.54) is 17.7 Å². The van der Waals surface area contributed by atoms with Gasteiger partial charge >= 0.3 is 5.97 Å². The minimum atomic E-state index is -0.974. The summed E-state index contributed by atoms with van der Waals surface area (Å²) in [4.78, 5) is 16.1. The molecule has 0 amide bonds. The maximum atomic E-state index is 13.3. The molecule has 0 bridgehead atoms. The van der Waals surface area contributed by atoms with Crippen molar-refractivity contribution < 1.29 is 18.7 Å². The van der Waals surface area contributed by atoms with Crippen LogP contribution in [0.25, 0.3) is 11.0 Å². The van der Waals surface area contributed by atoms with E-state index in [0.29, 0.717) is 17.6 Å². The fraction of sp³-hybridized carbons (Fsp3) is 0.143. The molecule has 7 heteroatoms. The van der Waals surface area contributed by atoms with Gasteiger partial charge < -0.3 is 9.67 Å². The smallest absolute Gasteiger partial charge is 0.345 e. The fourth-order valence-corrected chi connectivity index (χ4v) is 3.02. The Labute approximate surface area is 122 Å². The monoisotopic (exact) mass is 308 g/mol. The third-order valence-electron chi connectivity index (χ3n) is 3.24. The second-order valence-corrected chi connectivity index (χ2v) is 5.88. The quantitative estimate of drug-likeness (QED) is 0.806. The zero-order valence-electron chi connectivity index (χ0n) is 10.9. The van der Waals surface area contributed by atoms with Gasteiger partial charge in [0.1, 0.15) is 4.88 Å². The van der Waals surface area contributed by atoms with Crippen molar-refractivity contribution in [3.63, 3.8) is 0 Å². The summed E-state index contributed by atoms with van der Waals surface area (Å²) in [6, 6.07) is 3.73. The molecule has 4 nitrogen and oxygen atoms in total. The summed E-state index contributed by atoms with van der Waals surface area (Å²) in [5.74, 6) is -2.84. The molecule has 0 saturated heterocycles. The lowest BCUT2D eigenvalue weighted by molar-refractivity contribution is 0.0702. The first-order chi connectivity index (χ1) is 9.95. The molecule has 21 heavy (non-hydrogen) atoms. The van der Waals surface area contributed by atoms with Crippen LogP contribution in [0, 0.1) is 18.6 Å². The first-order valence-corrected chi connectivity index (χ1v) is 6.90. The third kappa shape index (κ3) is 2.40. The number of carbonyl (C=O) groups is 1. The maximum absolute atomic E-state index is 13.3. The normalized spacial score (nSPS) is 11.2. The summed E-state index contributed by atoms with van der Waals surface area (Å²) in [5, 5.41) is 8.99. The second kappa shape index (κ2) is 4.92. The van der Waals surface area contributed by atoms with E-state index in [1.807, 2.05) is 6.92 Å². The first kappa shape index (κ1) is 13.7. The van der Waals surface area contributed by atoms with E-state index in [2.05, 4.69) is 4.98 Å². The summed E-state index contributed by atoms with van der Waals surface area (Å²) < 4.78 is 28.2. The second-order valence-electron chi connectivity index (χ2n) is 4.62. The van der Waals surface area contributed by atoms with Crippen LogP contribution >= 0.6 is 11.3 Å². The van der Waals surface area contributed by atoms with Crippen molar-refractivity contribution in [1.82, 2.24) is 9.55 Å². The lowest BCUT2D eigenvalue weighted by Crippen LogP contribution is -1.99. The Morgan fingerprint density at radius 3 is 2.71 bits per heavy atom. The molecule has 2 aromatic heterocycles. The minimum absolute atomic E-state index is 0.254. The van der Waals surface area contributed by atoms with Crippen molar-refractivity contribution in [2.45, 2.75) is 13.5 Å². The van der Waals surface area contributed by atoms with E-state index in [4.69, 9.17) is 5.11 Å². The highest BCUT2D eigenvalue weighted by atomic mass is 32.1. The van der Waals surface area contributed by atoms with Crippen molar-refractivity contribution in [3.05, 3.63) is 51.5 Å². The Balaban J connectivity index is 2.02. The van der Waals surface area contributed by atoms with Crippen LogP contribution in [0.15, 0.2) is 24.5 Å². The topological polar surface area (TPSA) is 55.1 Å². The number of halogens is 2. The molecule has 3 aromatic rings. The van der Waals surface area contributed by atoms with E-state index < -0.39 is 17.6 Å².